The van der Waals surface area contributed by atoms with E-state index in [2.05, 4.69) is 5.32 Å². The molecule has 16 heavy (non-hydrogen) atoms. The Labute approximate surface area is 98.8 Å². The van der Waals surface area contributed by atoms with Gasteiger partial charge in [-0.1, -0.05) is 29.8 Å². The molecule has 2 amide bonds. The highest BCUT2D eigenvalue weighted by atomic mass is 35.5. The number of hydrogen-bond acceptors (Lipinski definition) is 2. The molecule has 1 unspecified atom stereocenters. The van der Waals surface area contributed by atoms with Crippen LogP contribution in [-0.4, -0.2) is 35.7 Å². The number of urea groups is 1. The second-order valence-electron chi connectivity index (χ2n) is 3.69. The van der Waals surface area contributed by atoms with E-state index in [-0.39, 0.29) is 18.7 Å². The molecule has 1 heterocycles. The highest BCUT2D eigenvalue weighted by Crippen LogP contribution is 2.26. The lowest BCUT2D eigenvalue weighted by Crippen LogP contribution is -2.30. The minimum absolute atomic E-state index is 0.0251. The largest absolute Gasteiger partial charge is 0.395 e. The first-order valence-electron chi connectivity index (χ1n) is 5.13. The number of carbonyl (C=O) groups is 1. The Kier molecular flexibility index (Phi) is 3.31. The van der Waals surface area contributed by atoms with E-state index in [0.29, 0.717) is 18.1 Å². The van der Waals surface area contributed by atoms with Gasteiger partial charge in [0.15, 0.2) is 0 Å². The van der Waals surface area contributed by atoms with Crippen LogP contribution in [0.5, 0.6) is 0 Å². The van der Waals surface area contributed by atoms with Gasteiger partial charge < -0.3 is 15.3 Å². The molecule has 1 aliphatic rings. The maximum atomic E-state index is 11.5. The third-order valence-corrected chi connectivity index (χ3v) is 2.98. The van der Waals surface area contributed by atoms with E-state index in [4.69, 9.17) is 16.7 Å². The second-order valence-corrected chi connectivity index (χ2v) is 4.10. The first-order chi connectivity index (χ1) is 7.72. The molecule has 0 saturated carbocycles. The van der Waals surface area contributed by atoms with Crippen molar-refractivity contribution >= 4 is 17.6 Å². The smallest absolute Gasteiger partial charge is 0.318 e. The maximum Gasteiger partial charge on any atom is 0.318 e. The van der Waals surface area contributed by atoms with Crippen molar-refractivity contribution in [2.24, 2.45) is 0 Å². The molecule has 0 radical (unpaired) electrons. The van der Waals surface area contributed by atoms with E-state index in [1.165, 1.54) is 0 Å². The summed E-state index contributed by atoms with van der Waals surface area (Å²) in [5.74, 6) is 0. The van der Waals surface area contributed by atoms with Crippen LogP contribution in [0.15, 0.2) is 24.3 Å². The molecular weight excluding hydrogens is 228 g/mol. The van der Waals surface area contributed by atoms with Crippen LogP contribution in [0, 0.1) is 0 Å². The number of halogens is 1. The standard InChI is InChI=1S/C11H13ClN2O2/c12-9-4-2-1-3-8(9)10-7-14(5-6-15)11(16)13-10/h1-4,10,15H,5-7H2,(H,13,16). The topological polar surface area (TPSA) is 52.6 Å². The lowest BCUT2D eigenvalue weighted by atomic mass is 10.1. The molecule has 1 aromatic rings. The fraction of sp³-hybridized carbons (Fsp3) is 0.364. The number of benzene rings is 1. The molecule has 0 bridgehead atoms. The molecule has 4 nitrogen and oxygen atoms in total. The zero-order valence-corrected chi connectivity index (χ0v) is 9.44. The van der Waals surface area contributed by atoms with Gasteiger partial charge >= 0.3 is 6.03 Å². The van der Waals surface area contributed by atoms with Crippen molar-refractivity contribution in [2.75, 3.05) is 19.7 Å². The summed E-state index contributed by atoms with van der Waals surface area (Å²) in [6.07, 6.45) is 0. The van der Waals surface area contributed by atoms with Crippen LogP contribution in [0.1, 0.15) is 11.6 Å². The molecule has 2 N–H and O–H groups in total. The van der Waals surface area contributed by atoms with E-state index in [1.807, 2.05) is 18.2 Å². The number of β-amino-alcohol motifs (C(OH)–C–C–N with tert-alkyl or cyclic N) is 1. The number of aliphatic hydroxyl groups excluding tert-OH is 1. The Bertz CT molecular complexity index is 397. The summed E-state index contributed by atoms with van der Waals surface area (Å²) in [7, 11) is 0. The highest BCUT2D eigenvalue weighted by Gasteiger charge is 2.29. The minimum Gasteiger partial charge on any atom is -0.395 e. The normalized spacial score (nSPS) is 20.0. The fourth-order valence-corrected chi connectivity index (χ4v) is 2.10. The Hall–Kier alpha value is -1.26. The molecule has 1 fully saturated rings. The van der Waals surface area contributed by atoms with Crippen LogP contribution in [0.2, 0.25) is 5.02 Å². The van der Waals surface area contributed by atoms with Gasteiger partial charge in [0, 0.05) is 18.1 Å². The van der Waals surface area contributed by atoms with E-state index >= 15 is 0 Å². The number of amides is 2. The van der Waals surface area contributed by atoms with Gasteiger partial charge in [-0.25, -0.2) is 4.79 Å². The third kappa shape index (κ3) is 2.13. The number of carbonyl (C=O) groups excluding carboxylic acids is 1. The van der Waals surface area contributed by atoms with Gasteiger partial charge in [-0.2, -0.15) is 0 Å². The molecule has 1 aromatic carbocycles. The van der Waals surface area contributed by atoms with Gasteiger partial charge in [0.05, 0.1) is 12.6 Å². The van der Waals surface area contributed by atoms with Crippen LogP contribution >= 0.6 is 11.6 Å². The molecule has 1 atom stereocenters. The number of aliphatic hydroxyl groups is 1. The zero-order valence-electron chi connectivity index (χ0n) is 8.69. The Morgan fingerprint density at radius 1 is 1.50 bits per heavy atom. The Balaban J connectivity index is 2.14. The van der Waals surface area contributed by atoms with E-state index in [1.54, 1.807) is 11.0 Å². The SMILES string of the molecule is O=C1NC(c2ccccc2Cl)CN1CCO. The minimum atomic E-state index is -0.154. The lowest BCUT2D eigenvalue weighted by Gasteiger charge is -2.13. The van der Waals surface area contributed by atoms with Crippen LogP contribution in [0.4, 0.5) is 4.79 Å². The van der Waals surface area contributed by atoms with E-state index in [0.717, 1.165) is 5.56 Å². The molecule has 0 aromatic heterocycles. The number of hydrogen-bond donors (Lipinski definition) is 2. The first-order valence-corrected chi connectivity index (χ1v) is 5.51. The van der Waals surface area contributed by atoms with Gasteiger partial charge in [-0.15, -0.1) is 0 Å². The molecule has 1 saturated heterocycles. The average Bonchev–Trinajstić information content (AvgIpc) is 2.61. The van der Waals surface area contributed by atoms with Gasteiger partial charge in [0.1, 0.15) is 0 Å². The van der Waals surface area contributed by atoms with Crippen LogP contribution in [0.3, 0.4) is 0 Å². The fourth-order valence-electron chi connectivity index (χ4n) is 1.84. The quantitative estimate of drug-likeness (QED) is 0.839. The summed E-state index contributed by atoms with van der Waals surface area (Å²) in [6, 6.07) is 7.20. The first kappa shape index (κ1) is 11.2. The van der Waals surface area contributed by atoms with Gasteiger partial charge in [-0.05, 0) is 11.6 Å². The molecule has 1 aliphatic heterocycles. The number of nitrogens with one attached hydrogen (secondary N) is 1. The Morgan fingerprint density at radius 2 is 2.25 bits per heavy atom. The maximum absolute atomic E-state index is 11.5. The summed E-state index contributed by atoms with van der Waals surface area (Å²) in [4.78, 5) is 13.1. The third-order valence-electron chi connectivity index (χ3n) is 2.64. The van der Waals surface area contributed by atoms with Gasteiger partial charge in [-0.3, -0.25) is 0 Å². The van der Waals surface area contributed by atoms with Crippen molar-refractivity contribution in [3.8, 4) is 0 Å². The molecule has 2 rings (SSSR count). The van der Waals surface area contributed by atoms with Crippen LogP contribution in [-0.2, 0) is 0 Å². The Morgan fingerprint density at radius 3 is 2.94 bits per heavy atom. The van der Waals surface area contributed by atoms with Crippen LogP contribution in [0.25, 0.3) is 0 Å². The summed E-state index contributed by atoms with van der Waals surface area (Å²) in [6.45, 7) is 0.874. The van der Waals surface area contributed by atoms with E-state index < -0.39 is 0 Å². The molecule has 0 spiro atoms. The molecular formula is C11H13ClN2O2. The predicted molar refractivity (Wildman–Crippen MR) is 61.4 cm³/mol. The van der Waals surface area contributed by atoms with Crippen molar-refractivity contribution in [3.05, 3.63) is 34.9 Å². The predicted octanol–water partition coefficient (Wildman–Crippen LogP) is 1.40. The van der Waals surface area contributed by atoms with Gasteiger partial charge in [0.25, 0.3) is 0 Å². The summed E-state index contributed by atoms with van der Waals surface area (Å²) >= 11 is 6.06. The molecule has 86 valence electrons. The van der Waals surface area contributed by atoms with Crippen molar-refractivity contribution in [1.29, 1.82) is 0 Å². The summed E-state index contributed by atoms with van der Waals surface area (Å²) < 4.78 is 0. The van der Waals surface area contributed by atoms with Crippen molar-refractivity contribution in [3.63, 3.8) is 0 Å². The van der Waals surface area contributed by atoms with Crippen molar-refractivity contribution in [1.82, 2.24) is 10.2 Å². The summed E-state index contributed by atoms with van der Waals surface area (Å²) in [5.41, 5.74) is 0.915. The average molecular weight is 241 g/mol. The molecule has 0 aliphatic carbocycles. The number of nitrogens with zero attached hydrogens (tertiary/aromatic N) is 1. The van der Waals surface area contributed by atoms with Gasteiger partial charge in [0.2, 0.25) is 0 Å². The van der Waals surface area contributed by atoms with Crippen molar-refractivity contribution < 1.29 is 9.90 Å². The summed E-state index contributed by atoms with van der Waals surface area (Å²) in [5, 5.41) is 12.3. The number of rotatable bonds is 3. The van der Waals surface area contributed by atoms with Crippen molar-refractivity contribution in [2.45, 2.75) is 6.04 Å². The second kappa shape index (κ2) is 4.72. The molecule has 5 heteroatoms. The zero-order chi connectivity index (χ0) is 11.5. The highest BCUT2D eigenvalue weighted by molar-refractivity contribution is 6.31. The lowest BCUT2D eigenvalue weighted by molar-refractivity contribution is 0.196. The van der Waals surface area contributed by atoms with E-state index in [9.17, 15) is 4.79 Å². The van der Waals surface area contributed by atoms with Crippen LogP contribution < -0.4 is 5.32 Å². The monoisotopic (exact) mass is 240 g/mol.